The van der Waals surface area contributed by atoms with Crippen LogP contribution in [0.25, 0.3) is 0 Å². The van der Waals surface area contributed by atoms with Crippen LogP contribution in [0.15, 0.2) is 30.3 Å². The summed E-state index contributed by atoms with van der Waals surface area (Å²) in [6, 6.07) is 11.2. The molecular formula is C49H94N+. The SMILES string of the molecule is CCCCCCCCCCCCCCCCCCC[N+](CC)(CCCCCCCCCCCCCCCCCCC)CCCc1ccccc1. The number of quaternary nitrogens is 1. The van der Waals surface area contributed by atoms with E-state index in [-0.39, 0.29) is 0 Å². The van der Waals surface area contributed by atoms with E-state index in [1.807, 2.05) is 0 Å². The van der Waals surface area contributed by atoms with Crippen molar-refractivity contribution in [3.8, 4) is 0 Å². The van der Waals surface area contributed by atoms with E-state index in [0.717, 1.165) is 0 Å². The molecule has 0 amide bonds. The summed E-state index contributed by atoms with van der Waals surface area (Å²) in [5, 5.41) is 0. The van der Waals surface area contributed by atoms with Crippen molar-refractivity contribution >= 4 is 0 Å². The van der Waals surface area contributed by atoms with E-state index in [9.17, 15) is 0 Å². The maximum atomic E-state index is 2.49. The number of hydrogen-bond acceptors (Lipinski definition) is 0. The number of aryl methyl sites for hydroxylation is 1. The van der Waals surface area contributed by atoms with E-state index in [4.69, 9.17) is 0 Å². The van der Waals surface area contributed by atoms with E-state index in [0.29, 0.717) is 0 Å². The van der Waals surface area contributed by atoms with Gasteiger partial charge in [-0.3, -0.25) is 0 Å². The standard InChI is InChI=1S/C49H94N/c1-4-7-9-11-13-15-17-19-21-23-25-27-29-31-33-35-40-46-50(6-3,48-42-45-49-43-38-37-39-44-49)47-41-36-34-32-30-28-26-24-22-20-18-16-14-12-10-8-5-2/h37-39,43-44H,4-36,40-42,45-48H2,1-3H3/q+1. The zero-order chi connectivity index (χ0) is 35.9. The third-order valence-corrected chi connectivity index (χ3v) is 12.1. The highest BCUT2D eigenvalue weighted by Gasteiger charge is 2.24. The van der Waals surface area contributed by atoms with Gasteiger partial charge in [-0.25, -0.2) is 0 Å². The van der Waals surface area contributed by atoms with Gasteiger partial charge in [-0.2, -0.15) is 0 Å². The van der Waals surface area contributed by atoms with Crippen molar-refractivity contribution < 1.29 is 4.48 Å². The molecule has 1 aromatic rings. The summed E-state index contributed by atoms with van der Waals surface area (Å²) in [6.07, 6.45) is 52.4. The largest absolute Gasteiger partial charge is 0.324 e. The molecular weight excluding hydrogens is 603 g/mol. The van der Waals surface area contributed by atoms with Gasteiger partial charge in [-0.15, -0.1) is 0 Å². The van der Waals surface area contributed by atoms with Gasteiger partial charge >= 0.3 is 0 Å². The lowest BCUT2D eigenvalue weighted by Crippen LogP contribution is -2.50. The first-order chi connectivity index (χ1) is 24.8. The number of hydrogen-bond donors (Lipinski definition) is 0. The molecule has 0 bridgehead atoms. The Balaban J connectivity index is 2.14. The molecule has 0 aromatic heterocycles. The van der Waals surface area contributed by atoms with E-state index in [1.165, 1.54) is 267 Å². The quantitative estimate of drug-likeness (QED) is 0.0472. The molecule has 1 nitrogen and oxygen atoms in total. The lowest BCUT2D eigenvalue weighted by molar-refractivity contribution is -0.927. The Morgan fingerprint density at radius 3 is 0.840 bits per heavy atom. The first-order valence-electron chi connectivity index (χ1n) is 23.7. The van der Waals surface area contributed by atoms with Crippen LogP contribution in [0.1, 0.15) is 251 Å². The summed E-state index contributed by atoms with van der Waals surface area (Å²) < 4.78 is 1.38. The first-order valence-corrected chi connectivity index (χ1v) is 23.7. The molecule has 1 aromatic carbocycles. The summed E-state index contributed by atoms with van der Waals surface area (Å²) in [7, 11) is 0. The van der Waals surface area contributed by atoms with Crippen LogP contribution in [-0.2, 0) is 6.42 Å². The molecule has 0 aliphatic rings. The van der Waals surface area contributed by atoms with Gasteiger partial charge in [0.05, 0.1) is 26.2 Å². The van der Waals surface area contributed by atoms with Gasteiger partial charge in [0.2, 0.25) is 0 Å². The minimum Gasteiger partial charge on any atom is -0.324 e. The summed E-state index contributed by atoms with van der Waals surface area (Å²) in [4.78, 5) is 0. The predicted octanol–water partition coefficient (Wildman–Crippen LogP) is 16.8. The molecule has 1 heteroatoms. The van der Waals surface area contributed by atoms with Gasteiger partial charge in [0.15, 0.2) is 0 Å². The monoisotopic (exact) mass is 697 g/mol. The van der Waals surface area contributed by atoms with E-state index < -0.39 is 0 Å². The summed E-state index contributed by atoms with van der Waals surface area (Å²) in [6.45, 7) is 12.7. The highest BCUT2D eigenvalue weighted by Crippen LogP contribution is 2.20. The molecule has 0 fully saturated rings. The van der Waals surface area contributed by atoms with Crippen molar-refractivity contribution in [3.63, 3.8) is 0 Å². The van der Waals surface area contributed by atoms with Gasteiger partial charge in [0, 0.05) is 6.42 Å². The van der Waals surface area contributed by atoms with Crippen LogP contribution in [0.3, 0.4) is 0 Å². The van der Waals surface area contributed by atoms with Crippen molar-refractivity contribution in [2.24, 2.45) is 0 Å². The first kappa shape index (κ1) is 47.2. The number of rotatable bonds is 41. The van der Waals surface area contributed by atoms with Gasteiger partial charge in [0.25, 0.3) is 0 Å². The van der Waals surface area contributed by atoms with Crippen molar-refractivity contribution in [2.45, 2.75) is 252 Å². The molecule has 0 aliphatic heterocycles. The van der Waals surface area contributed by atoms with E-state index in [1.54, 1.807) is 0 Å². The maximum Gasteiger partial charge on any atom is 0.0789 e. The Hall–Kier alpha value is -0.820. The van der Waals surface area contributed by atoms with Crippen LogP contribution in [0, 0.1) is 0 Å². The van der Waals surface area contributed by atoms with Gasteiger partial charge in [-0.1, -0.05) is 237 Å². The van der Waals surface area contributed by atoms with E-state index in [2.05, 4.69) is 51.1 Å². The number of unbranched alkanes of at least 4 members (excludes halogenated alkanes) is 32. The van der Waals surface area contributed by atoms with Crippen molar-refractivity contribution in [1.82, 2.24) is 0 Å². The Labute approximate surface area is 317 Å². The summed E-state index contributed by atoms with van der Waals surface area (Å²) in [5.41, 5.74) is 1.53. The summed E-state index contributed by atoms with van der Waals surface area (Å²) >= 11 is 0. The molecule has 0 atom stereocenters. The van der Waals surface area contributed by atoms with Crippen molar-refractivity contribution in [1.29, 1.82) is 0 Å². The minimum atomic E-state index is 1.25. The topological polar surface area (TPSA) is 0 Å². The highest BCUT2D eigenvalue weighted by atomic mass is 15.3. The van der Waals surface area contributed by atoms with E-state index >= 15 is 0 Å². The van der Waals surface area contributed by atoms with Crippen LogP contribution in [0.2, 0.25) is 0 Å². The van der Waals surface area contributed by atoms with Crippen LogP contribution >= 0.6 is 0 Å². The van der Waals surface area contributed by atoms with Gasteiger partial charge < -0.3 is 4.48 Å². The molecule has 0 heterocycles. The third kappa shape index (κ3) is 30.8. The molecule has 0 saturated heterocycles. The zero-order valence-electron chi connectivity index (χ0n) is 35.1. The third-order valence-electron chi connectivity index (χ3n) is 12.1. The van der Waals surface area contributed by atoms with Crippen LogP contribution in [0.5, 0.6) is 0 Å². The molecule has 1 rings (SSSR count). The minimum absolute atomic E-state index is 1.25. The second-order valence-corrected chi connectivity index (χ2v) is 16.7. The second-order valence-electron chi connectivity index (χ2n) is 16.7. The Morgan fingerprint density at radius 1 is 0.300 bits per heavy atom. The smallest absolute Gasteiger partial charge is 0.0789 e. The van der Waals surface area contributed by atoms with Crippen LogP contribution in [0.4, 0.5) is 0 Å². The number of nitrogens with zero attached hydrogens (tertiary/aromatic N) is 1. The zero-order valence-corrected chi connectivity index (χ0v) is 35.1. The molecule has 0 N–H and O–H groups in total. The second kappa shape index (κ2) is 37.9. The van der Waals surface area contributed by atoms with Crippen LogP contribution < -0.4 is 0 Å². The number of benzene rings is 1. The Bertz CT molecular complexity index is 718. The lowest BCUT2D eigenvalue weighted by atomic mass is 10.0. The normalized spacial score (nSPS) is 11.9. The summed E-state index contributed by atoms with van der Waals surface area (Å²) in [5.74, 6) is 0. The highest BCUT2D eigenvalue weighted by molar-refractivity contribution is 5.14. The Kier molecular flexibility index (Phi) is 35.8. The molecule has 0 saturated carbocycles. The predicted molar refractivity (Wildman–Crippen MR) is 228 cm³/mol. The fourth-order valence-electron chi connectivity index (χ4n) is 8.42. The molecule has 0 radical (unpaired) electrons. The Morgan fingerprint density at radius 2 is 0.560 bits per heavy atom. The van der Waals surface area contributed by atoms with Gasteiger partial charge in [-0.05, 0) is 44.6 Å². The average Bonchev–Trinajstić information content (AvgIpc) is 3.14. The molecule has 0 spiro atoms. The van der Waals surface area contributed by atoms with Crippen LogP contribution in [-0.4, -0.2) is 30.7 Å². The lowest BCUT2D eigenvalue weighted by Gasteiger charge is -2.38. The fourth-order valence-corrected chi connectivity index (χ4v) is 8.42. The van der Waals surface area contributed by atoms with Gasteiger partial charge in [0.1, 0.15) is 0 Å². The molecule has 294 valence electrons. The molecule has 0 aliphatic carbocycles. The van der Waals surface area contributed by atoms with Crippen molar-refractivity contribution in [3.05, 3.63) is 35.9 Å². The maximum absolute atomic E-state index is 2.49. The van der Waals surface area contributed by atoms with Crippen molar-refractivity contribution in [2.75, 3.05) is 26.2 Å². The fraction of sp³-hybridized carbons (Fsp3) is 0.878. The average molecular weight is 697 g/mol. The molecule has 50 heavy (non-hydrogen) atoms. The molecule has 0 unspecified atom stereocenters.